The highest BCUT2D eigenvalue weighted by atomic mass is 16.5. The summed E-state index contributed by atoms with van der Waals surface area (Å²) < 4.78 is 5.55. The number of nitrogens with zero attached hydrogens (tertiary/aromatic N) is 2. The largest absolute Gasteiger partial charge is 0.494 e. The first kappa shape index (κ1) is 20.0. The molecule has 1 saturated heterocycles. The fraction of sp³-hybridized carbons (Fsp3) is 0.385. The second-order valence-electron chi connectivity index (χ2n) is 8.91. The van der Waals surface area contributed by atoms with Gasteiger partial charge >= 0.3 is 0 Å². The van der Waals surface area contributed by atoms with Crippen molar-refractivity contribution in [2.24, 2.45) is 11.8 Å². The molecule has 2 aromatic carbocycles. The summed E-state index contributed by atoms with van der Waals surface area (Å²) >= 11 is 0. The van der Waals surface area contributed by atoms with Gasteiger partial charge in [-0.25, -0.2) is 4.98 Å². The van der Waals surface area contributed by atoms with Gasteiger partial charge in [0.15, 0.2) is 0 Å². The van der Waals surface area contributed by atoms with Gasteiger partial charge in [0.05, 0.1) is 23.4 Å². The fourth-order valence-corrected chi connectivity index (χ4v) is 5.32. The zero-order valence-corrected chi connectivity index (χ0v) is 18.2. The highest BCUT2D eigenvalue weighted by molar-refractivity contribution is 6.07. The van der Waals surface area contributed by atoms with E-state index >= 15 is 0 Å². The number of rotatable bonds is 5. The summed E-state index contributed by atoms with van der Waals surface area (Å²) in [7, 11) is 2.19. The van der Waals surface area contributed by atoms with Crippen LogP contribution < -0.4 is 10.1 Å². The number of hydrogen-bond donors (Lipinski definition) is 1. The Morgan fingerprint density at radius 1 is 1.10 bits per heavy atom. The number of amides is 1. The Labute approximate surface area is 183 Å². The van der Waals surface area contributed by atoms with Gasteiger partial charge in [0.25, 0.3) is 5.91 Å². The monoisotopic (exact) mass is 415 g/mol. The molecule has 0 radical (unpaired) electrons. The predicted molar refractivity (Wildman–Crippen MR) is 123 cm³/mol. The van der Waals surface area contributed by atoms with E-state index < -0.39 is 0 Å². The van der Waals surface area contributed by atoms with Gasteiger partial charge < -0.3 is 15.0 Å². The van der Waals surface area contributed by atoms with Gasteiger partial charge in [-0.1, -0.05) is 18.2 Å². The van der Waals surface area contributed by atoms with Gasteiger partial charge in [0.1, 0.15) is 5.75 Å². The third-order valence-corrected chi connectivity index (χ3v) is 6.69. The lowest BCUT2D eigenvalue weighted by molar-refractivity contribution is 0.0937. The zero-order chi connectivity index (χ0) is 21.4. The van der Waals surface area contributed by atoms with E-state index in [1.54, 1.807) is 0 Å². The molecule has 2 heterocycles. The molecule has 0 spiro atoms. The predicted octanol–water partition coefficient (Wildman–Crippen LogP) is 4.37. The molecule has 3 aromatic rings. The lowest BCUT2D eigenvalue weighted by atomic mass is 10.0. The molecule has 3 atom stereocenters. The number of likely N-dealkylation sites (tertiary alicyclic amines) is 1. The van der Waals surface area contributed by atoms with Crippen molar-refractivity contribution in [1.82, 2.24) is 15.2 Å². The van der Waals surface area contributed by atoms with Crippen LogP contribution in [0.15, 0.2) is 54.6 Å². The molecular weight excluding hydrogens is 386 g/mol. The van der Waals surface area contributed by atoms with Crippen molar-refractivity contribution in [3.8, 4) is 17.0 Å². The van der Waals surface area contributed by atoms with E-state index in [4.69, 9.17) is 9.72 Å². The van der Waals surface area contributed by atoms with Crippen molar-refractivity contribution in [2.45, 2.75) is 25.8 Å². The molecule has 1 aromatic heterocycles. The minimum absolute atomic E-state index is 0.00381. The fourth-order valence-electron chi connectivity index (χ4n) is 5.32. The number of ether oxygens (including phenoxy) is 1. The van der Waals surface area contributed by atoms with Crippen LogP contribution in [0.1, 0.15) is 30.1 Å². The van der Waals surface area contributed by atoms with Crippen molar-refractivity contribution >= 4 is 16.8 Å². The minimum atomic E-state index is 0.00381. The average Bonchev–Trinajstić information content (AvgIpc) is 3.30. The summed E-state index contributed by atoms with van der Waals surface area (Å²) in [6.07, 6.45) is 2.16. The van der Waals surface area contributed by atoms with Gasteiger partial charge in [-0.05, 0) is 75.0 Å². The molecule has 1 unspecified atom stereocenters. The van der Waals surface area contributed by atoms with Crippen LogP contribution in [-0.4, -0.2) is 48.6 Å². The van der Waals surface area contributed by atoms with Gasteiger partial charge in [-0.15, -0.1) is 0 Å². The molecule has 5 rings (SSSR count). The van der Waals surface area contributed by atoms with Crippen LogP contribution in [0.3, 0.4) is 0 Å². The summed E-state index contributed by atoms with van der Waals surface area (Å²) in [5.74, 6) is 2.26. The number of carbonyl (C=O) groups is 1. The Morgan fingerprint density at radius 2 is 1.81 bits per heavy atom. The van der Waals surface area contributed by atoms with Crippen molar-refractivity contribution < 1.29 is 9.53 Å². The average molecular weight is 416 g/mol. The van der Waals surface area contributed by atoms with Crippen molar-refractivity contribution in [3.05, 3.63) is 60.2 Å². The first-order valence-electron chi connectivity index (χ1n) is 11.2. The van der Waals surface area contributed by atoms with Crippen molar-refractivity contribution in [2.75, 3.05) is 26.7 Å². The van der Waals surface area contributed by atoms with Gasteiger partial charge in [0, 0.05) is 30.1 Å². The number of nitrogens with one attached hydrogen (secondary N) is 1. The van der Waals surface area contributed by atoms with Gasteiger partial charge in [-0.2, -0.15) is 0 Å². The number of benzene rings is 2. The molecular formula is C26H29N3O2. The SMILES string of the molecule is CCOc1ccc(-c2cc(C(=O)NC3C[C@@H]4CN(C)C[C@@H]4C3)c3ccccc3n2)cc1. The van der Waals surface area contributed by atoms with E-state index in [2.05, 4.69) is 17.3 Å². The first-order valence-corrected chi connectivity index (χ1v) is 11.2. The number of fused-ring (bicyclic) bond motifs is 2. The molecule has 1 aliphatic heterocycles. The Balaban J connectivity index is 1.43. The second kappa shape index (κ2) is 8.31. The molecule has 5 nitrogen and oxygen atoms in total. The maximum Gasteiger partial charge on any atom is 0.252 e. The van der Waals surface area contributed by atoms with Crippen LogP contribution in [0, 0.1) is 11.8 Å². The van der Waals surface area contributed by atoms with E-state index in [9.17, 15) is 4.79 Å². The van der Waals surface area contributed by atoms with Crippen LogP contribution in [0.2, 0.25) is 0 Å². The van der Waals surface area contributed by atoms with Crippen molar-refractivity contribution in [3.63, 3.8) is 0 Å². The molecule has 1 N–H and O–H groups in total. The third kappa shape index (κ3) is 4.02. The second-order valence-corrected chi connectivity index (χ2v) is 8.91. The normalized spacial score (nSPS) is 23.1. The number of aromatic nitrogens is 1. The maximum absolute atomic E-state index is 13.4. The molecule has 0 bridgehead atoms. The molecule has 2 aliphatic rings. The number of pyridine rings is 1. The smallest absolute Gasteiger partial charge is 0.252 e. The van der Waals surface area contributed by atoms with E-state index in [1.807, 2.05) is 61.5 Å². The highest BCUT2D eigenvalue weighted by Gasteiger charge is 2.40. The topological polar surface area (TPSA) is 54.5 Å². The van der Waals surface area contributed by atoms with Gasteiger partial charge in [0.2, 0.25) is 0 Å². The highest BCUT2D eigenvalue weighted by Crippen LogP contribution is 2.37. The number of carbonyl (C=O) groups excluding carboxylic acids is 1. The van der Waals surface area contributed by atoms with Crippen LogP contribution in [0.4, 0.5) is 0 Å². The molecule has 5 heteroatoms. The minimum Gasteiger partial charge on any atom is -0.494 e. The maximum atomic E-state index is 13.4. The summed E-state index contributed by atoms with van der Waals surface area (Å²) in [5.41, 5.74) is 3.31. The summed E-state index contributed by atoms with van der Waals surface area (Å²) in [5, 5.41) is 4.23. The Morgan fingerprint density at radius 3 is 2.52 bits per heavy atom. The Hall–Kier alpha value is -2.92. The van der Waals surface area contributed by atoms with Gasteiger partial charge in [-0.3, -0.25) is 4.79 Å². The van der Waals surface area contributed by atoms with Crippen molar-refractivity contribution in [1.29, 1.82) is 0 Å². The number of para-hydroxylation sites is 1. The standard InChI is InChI=1S/C26H29N3O2/c1-3-31-21-10-8-17(9-11-21)25-14-23(22-6-4-5-7-24(22)28-25)26(30)27-20-12-18-15-29(2)16-19(18)13-20/h4-11,14,18-20H,3,12-13,15-16H2,1-2H3,(H,27,30)/t18-,19+,20?. The molecule has 160 valence electrons. The molecule has 2 fully saturated rings. The third-order valence-electron chi connectivity index (χ3n) is 6.69. The number of hydrogen-bond acceptors (Lipinski definition) is 4. The Bertz CT molecular complexity index is 1080. The summed E-state index contributed by atoms with van der Waals surface area (Å²) in [6.45, 7) is 4.91. The lowest BCUT2D eigenvalue weighted by Crippen LogP contribution is -2.34. The molecule has 1 amide bonds. The van der Waals surface area contributed by atoms with E-state index in [0.29, 0.717) is 24.0 Å². The van der Waals surface area contributed by atoms with Crippen LogP contribution in [0.5, 0.6) is 5.75 Å². The zero-order valence-electron chi connectivity index (χ0n) is 18.2. The van der Waals surface area contributed by atoms with E-state index in [-0.39, 0.29) is 11.9 Å². The van der Waals surface area contributed by atoms with E-state index in [1.165, 1.54) is 0 Å². The van der Waals surface area contributed by atoms with Crippen LogP contribution in [-0.2, 0) is 0 Å². The summed E-state index contributed by atoms with van der Waals surface area (Å²) in [6, 6.07) is 18.0. The molecule has 31 heavy (non-hydrogen) atoms. The van der Waals surface area contributed by atoms with E-state index in [0.717, 1.165) is 53.8 Å². The van der Waals surface area contributed by atoms with Crippen LogP contribution >= 0.6 is 0 Å². The first-order chi connectivity index (χ1) is 15.1. The molecule has 1 saturated carbocycles. The lowest BCUT2D eigenvalue weighted by Gasteiger charge is -2.17. The Kier molecular flexibility index (Phi) is 5.36. The quantitative estimate of drug-likeness (QED) is 0.672. The summed E-state index contributed by atoms with van der Waals surface area (Å²) in [4.78, 5) is 20.6. The molecule has 1 aliphatic carbocycles. The van der Waals surface area contributed by atoms with Crippen LogP contribution in [0.25, 0.3) is 22.2 Å².